The van der Waals surface area contributed by atoms with Gasteiger partial charge in [-0.2, -0.15) is 18.2 Å². The van der Waals surface area contributed by atoms with Crippen molar-refractivity contribution in [3.05, 3.63) is 56.2 Å². The van der Waals surface area contributed by atoms with Crippen LogP contribution in [0.15, 0.2) is 33.9 Å². The molecule has 2 aromatic heterocycles. The fourth-order valence-electron chi connectivity index (χ4n) is 4.09. The number of piperazine rings is 1. The van der Waals surface area contributed by atoms with Gasteiger partial charge in [0.25, 0.3) is 5.56 Å². The molecule has 1 aromatic carbocycles. The second kappa shape index (κ2) is 10.5. The summed E-state index contributed by atoms with van der Waals surface area (Å²) in [6, 6.07) is 5.11. The maximum absolute atomic E-state index is 13.6. The van der Waals surface area contributed by atoms with Gasteiger partial charge in [-0.15, -0.1) is 5.92 Å². The number of imidazole rings is 1. The van der Waals surface area contributed by atoms with Crippen molar-refractivity contribution < 1.29 is 27.5 Å². The van der Waals surface area contributed by atoms with Gasteiger partial charge in [-0.1, -0.05) is 18.1 Å². The molecule has 38 heavy (non-hydrogen) atoms. The Labute approximate surface area is 213 Å². The minimum absolute atomic E-state index is 0.161. The van der Waals surface area contributed by atoms with E-state index in [0.29, 0.717) is 19.0 Å². The van der Waals surface area contributed by atoms with E-state index < -0.39 is 29.4 Å². The lowest BCUT2D eigenvalue weighted by atomic mass is 10.1. The second-order valence-electron chi connectivity index (χ2n) is 8.44. The number of fused-ring (bicyclic) bond motifs is 1. The molecule has 0 bridgehead atoms. The second-order valence-corrected chi connectivity index (χ2v) is 8.44. The van der Waals surface area contributed by atoms with Crippen molar-refractivity contribution in [1.29, 1.82) is 0 Å². The number of alkyl halides is 3. The summed E-state index contributed by atoms with van der Waals surface area (Å²) in [7, 11) is 1.47. The first-order chi connectivity index (χ1) is 18.0. The molecule has 0 amide bonds. The number of hydrogen-bond acceptors (Lipinski definition) is 8. The molecule has 0 atom stereocenters. The quantitative estimate of drug-likeness (QED) is 0.289. The van der Waals surface area contributed by atoms with Crippen molar-refractivity contribution in [2.45, 2.75) is 26.2 Å². The van der Waals surface area contributed by atoms with Gasteiger partial charge in [-0.3, -0.25) is 18.5 Å². The molecular weight excluding hydrogens is 509 g/mol. The zero-order valence-electron chi connectivity index (χ0n) is 20.5. The normalized spacial score (nSPS) is 13.8. The zero-order valence-corrected chi connectivity index (χ0v) is 20.5. The Bertz CT molecular complexity index is 1590. The lowest BCUT2D eigenvalue weighted by Crippen LogP contribution is -2.44. The van der Waals surface area contributed by atoms with E-state index in [1.54, 1.807) is 11.5 Å². The number of halogens is 3. The number of hydrogen-bond donors (Lipinski definition) is 1. The van der Waals surface area contributed by atoms with Crippen LogP contribution in [0.25, 0.3) is 11.2 Å². The smallest absolute Gasteiger partial charge is 0.383 e. The summed E-state index contributed by atoms with van der Waals surface area (Å²) < 4.78 is 45.1. The molecule has 1 aliphatic rings. The molecular formula is C24H23F3N6O5. The summed E-state index contributed by atoms with van der Waals surface area (Å²) in [6.45, 7) is 4.25. The van der Waals surface area contributed by atoms with Crippen LogP contribution < -0.4 is 21.5 Å². The SMILES string of the molecule is CC#CCn1c(N2CCNCC2)nc2c1c(=O)n(Cc1cccc(C(=O)OC(=O)C(F)(F)F)c1)c(=O)n2C. The minimum atomic E-state index is -5.34. The topological polar surface area (TPSA) is 120 Å². The summed E-state index contributed by atoms with van der Waals surface area (Å²) in [5.74, 6) is 2.08. The van der Waals surface area contributed by atoms with Gasteiger partial charge in [0.2, 0.25) is 5.95 Å². The first kappa shape index (κ1) is 26.7. The van der Waals surface area contributed by atoms with Crippen LogP contribution in [0.3, 0.4) is 0 Å². The van der Waals surface area contributed by atoms with Crippen LogP contribution in [0.1, 0.15) is 22.8 Å². The number of benzene rings is 1. The highest BCUT2D eigenvalue weighted by Gasteiger charge is 2.42. The van der Waals surface area contributed by atoms with Crippen LogP contribution in [0.4, 0.5) is 19.1 Å². The van der Waals surface area contributed by atoms with Crippen molar-refractivity contribution in [2.75, 3.05) is 31.1 Å². The van der Waals surface area contributed by atoms with Crippen molar-refractivity contribution in [3.63, 3.8) is 0 Å². The fraction of sp³-hybridized carbons (Fsp3) is 0.375. The van der Waals surface area contributed by atoms with Crippen molar-refractivity contribution in [1.82, 2.24) is 24.0 Å². The number of anilines is 1. The highest BCUT2D eigenvalue weighted by Crippen LogP contribution is 2.21. The van der Waals surface area contributed by atoms with E-state index in [-0.39, 0.29) is 35.4 Å². The molecule has 0 unspecified atom stereocenters. The number of esters is 2. The third-order valence-electron chi connectivity index (χ3n) is 5.95. The number of carbonyl (C=O) groups excluding carboxylic acids is 2. The van der Waals surface area contributed by atoms with Gasteiger partial charge in [0.15, 0.2) is 11.2 Å². The van der Waals surface area contributed by atoms with Crippen LogP contribution in [0, 0.1) is 11.8 Å². The molecule has 14 heteroatoms. The lowest BCUT2D eigenvalue weighted by molar-refractivity contribution is -0.193. The fourth-order valence-corrected chi connectivity index (χ4v) is 4.09. The van der Waals surface area contributed by atoms with Crippen LogP contribution in [-0.4, -0.2) is 63.0 Å². The molecule has 1 aliphatic heterocycles. The molecule has 1 N–H and O–H groups in total. The summed E-state index contributed by atoms with van der Waals surface area (Å²) in [5.41, 5.74) is -1.08. The maximum atomic E-state index is 13.6. The third kappa shape index (κ3) is 5.18. The van der Waals surface area contributed by atoms with E-state index in [9.17, 15) is 32.3 Å². The highest BCUT2D eigenvalue weighted by molar-refractivity contribution is 5.98. The van der Waals surface area contributed by atoms with Crippen molar-refractivity contribution >= 4 is 29.1 Å². The Morgan fingerprint density at radius 1 is 1.16 bits per heavy atom. The van der Waals surface area contributed by atoms with E-state index in [2.05, 4.69) is 26.9 Å². The van der Waals surface area contributed by atoms with Crippen molar-refractivity contribution in [3.8, 4) is 11.8 Å². The molecule has 11 nitrogen and oxygen atoms in total. The third-order valence-corrected chi connectivity index (χ3v) is 5.95. The average Bonchev–Trinajstić information content (AvgIpc) is 3.28. The number of aromatic nitrogens is 4. The number of rotatable bonds is 5. The molecule has 4 rings (SSSR count). The van der Waals surface area contributed by atoms with Gasteiger partial charge in [0.05, 0.1) is 18.7 Å². The molecule has 0 aliphatic carbocycles. The molecule has 0 radical (unpaired) electrons. The Morgan fingerprint density at radius 2 is 1.87 bits per heavy atom. The number of carbonyl (C=O) groups is 2. The first-order valence-corrected chi connectivity index (χ1v) is 11.5. The molecule has 1 saturated heterocycles. The summed E-state index contributed by atoms with van der Waals surface area (Å²) in [6.07, 6.45) is -5.34. The molecule has 200 valence electrons. The standard InChI is InChI=1S/C24H23F3N6O5/c1-3-4-10-32-17-18(29-22(32)31-11-8-28-9-12-31)30(2)23(37)33(19(17)34)14-15-6-5-7-16(13-15)20(35)38-21(36)24(25,26)27/h5-7,13,28H,8-12,14H2,1-2H3. The number of ether oxygens (including phenoxy) is 1. The van der Waals surface area contributed by atoms with Gasteiger partial charge in [0, 0.05) is 33.2 Å². The number of nitrogens with one attached hydrogen (secondary N) is 1. The highest BCUT2D eigenvalue weighted by atomic mass is 19.4. The summed E-state index contributed by atoms with van der Waals surface area (Å²) in [4.78, 5) is 56.4. The predicted molar refractivity (Wildman–Crippen MR) is 130 cm³/mol. The molecule has 0 spiro atoms. The summed E-state index contributed by atoms with van der Waals surface area (Å²) >= 11 is 0. The van der Waals surface area contributed by atoms with Gasteiger partial charge in [-0.25, -0.2) is 14.4 Å². The number of nitrogens with zero attached hydrogens (tertiary/aromatic N) is 5. The van der Waals surface area contributed by atoms with Crippen molar-refractivity contribution in [2.24, 2.45) is 7.05 Å². The average molecular weight is 532 g/mol. The predicted octanol–water partition coefficient (Wildman–Crippen LogP) is 0.624. The van der Waals surface area contributed by atoms with E-state index in [0.717, 1.165) is 29.8 Å². The van der Waals surface area contributed by atoms with Crippen LogP contribution in [-0.2, 0) is 29.7 Å². The summed E-state index contributed by atoms with van der Waals surface area (Å²) in [5, 5.41) is 3.24. The Kier molecular flexibility index (Phi) is 7.40. The first-order valence-electron chi connectivity index (χ1n) is 11.5. The maximum Gasteiger partial charge on any atom is 0.491 e. The Balaban J connectivity index is 1.76. The Morgan fingerprint density at radius 3 is 2.53 bits per heavy atom. The van der Waals surface area contributed by atoms with Gasteiger partial charge in [0.1, 0.15) is 0 Å². The largest absolute Gasteiger partial charge is 0.491 e. The molecule has 3 aromatic rings. The van der Waals surface area contributed by atoms with Crippen LogP contribution >= 0.6 is 0 Å². The van der Waals surface area contributed by atoms with Gasteiger partial charge >= 0.3 is 23.8 Å². The van der Waals surface area contributed by atoms with Gasteiger partial charge < -0.3 is 15.0 Å². The van der Waals surface area contributed by atoms with E-state index in [4.69, 9.17) is 0 Å². The molecule has 0 saturated carbocycles. The monoisotopic (exact) mass is 532 g/mol. The minimum Gasteiger partial charge on any atom is -0.383 e. The van der Waals surface area contributed by atoms with E-state index >= 15 is 0 Å². The lowest BCUT2D eigenvalue weighted by Gasteiger charge is -2.28. The van der Waals surface area contributed by atoms with Crippen LogP contribution in [0.2, 0.25) is 0 Å². The van der Waals surface area contributed by atoms with Crippen LogP contribution in [0.5, 0.6) is 0 Å². The van der Waals surface area contributed by atoms with E-state index in [1.165, 1.54) is 23.7 Å². The molecule has 3 heterocycles. The Hall–Kier alpha value is -4.38. The van der Waals surface area contributed by atoms with E-state index in [1.807, 2.05) is 4.90 Å². The van der Waals surface area contributed by atoms with Gasteiger partial charge in [-0.05, 0) is 24.6 Å². The number of aryl methyl sites for hydroxylation is 1. The molecule has 1 fully saturated rings. The zero-order chi connectivity index (χ0) is 27.6.